The standard InChI is InChI=1S/C44H27NOS/c1-2-13-30(14-3-1)45(40-19-10-12-28-11-4-5-15-32(28)40)31-22-24-34-39-27-38(33-16-6-7-18-37(33)44(39)46-41(34)26-31)29-21-23-36-35-17-8-9-20-42(35)47-43(36)25-29/h1-27H. The van der Waals surface area contributed by atoms with Gasteiger partial charge in [-0.2, -0.15) is 0 Å². The maximum atomic E-state index is 6.79. The van der Waals surface area contributed by atoms with Crippen LogP contribution in [0.2, 0.25) is 0 Å². The van der Waals surface area contributed by atoms with Gasteiger partial charge in [0, 0.05) is 59.2 Å². The minimum atomic E-state index is 0.876. The van der Waals surface area contributed by atoms with Crippen molar-refractivity contribution >= 4 is 92.1 Å². The fourth-order valence-corrected chi connectivity index (χ4v) is 8.41. The minimum Gasteiger partial charge on any atom is -0.455 e. The molecule has 0 amide bonds. The zero-order chi connectivity index (χ0) is 30.9. The lowest BCUT2D eigenvalue weighted by Gasteiger charge is -2.26. The van der Waals surface area contributed by atoms with Crippen LogP contribution in [0.15, 0.2) is 168 Å². The lowest BCUT2D eigenvalue weighted by atomic mass is 9.95. The number of hydrogen-bond acceptors (Lipinski definition) is 3. The third-order valence-corrected chi connectivity index (χ3v) is 10.6. The lowest BCUT2D eigenvalue weighted by molar-refractivity contribution is 0.673. The number of anilines is 3. The molecule has 0 unspecified atom stereocenters. The molecule has 0 bridgehead atoms. The summed E-state index contributed by atoms with van der Waals surface area (Å²) in [5.74, 6) is 0. The van der Waals surface area contributed by atoms with Gasteiger partial charge < -0.3 is 9.32 Å². The van der Waals surface area contributed by atoms with Crippen molar-refractivity contribution in [3.8, 4) is 11.1 Å². The van der Waals surface area contributed by atoms with E-state index in [-0.39, 0.29) is 0 Å². The molecule has 0 aliphatic heterocycles. The third kappa shape index (κ3) is 4.10. The molecule has 0 spiro atoms. The highest BCUT2D eigenvalue weighted by Gasteiger charge is 2.19. The summed E-state index contributed by atoms with van der Waals surface area (Å²) in [5, 5.41) is 9.62. The summed E-state index contributed by atoms with van der Waals surface area (Å²) >= 11 is 1.86. The highest BCUT2D eigenvalue weighted by molar-refractivity contribution is 7.25. The van der Waals surface area contributed by atoms with Crippen LogP contribution >= 0.6 is 11.3 Å². The molecule has 8 aromatic carbocycles. The van der Waals surface area contributed by atoms with Crippen molar-refractivity contribution in [2.75, 3.05) is 4.90 Å². The molecule has 2 nitrogen and oxygen atoms in total. The van der Waals surface area contributed by atoms with Gasteiger partial charge in [0.1, 0.15) is 11.2 Å². The van der Waals surface area contributed by atoms with Crippen LogP contribution in [-0.2, 0) is 0 Å². The minimum absolute atomic E-state index is 0.876. The summed E-state index contributed by atoms with van der Waals surface area (Å²) in [7, 11) is 0. The molecule has 10 aromatic rings. The van der Waals surface area contributed by atoms with E-state index in [0.29, 0.717) is 0 Å². The predicted molar refractivity (Wildman–Crippen MR) is 202 cm³/mol. The zero-order valence-corrected chi connectivity index (χ0v) is 26.2. The fourth-order valence-electron chi connectivity index (χ4n) is 7.27. The highest BCUT2D eigenvalue weighted by Crippen LogP contribution is 2.45. The SMILES string of the molecule is c1ccc(N(c2ccc3c(c2)oc2c4ccccc4c(-c4ccc5c(c4)sc4ccccc45)cc32)c2cccc3ccccc23)cc1. The topological polar surface area (TPSA) is 16.4 Å². The number of rotatable bonds is 4. The van der Waals surface area contributed by atoms with E-state index >= 15 is 0 Å². The molecular formula is C44H27NOS. The molecule has 0 N–H and O–H groups in total. The van der Waals surface area contributed by atoms with E-state index in [1.165, 1.54) is 47.5 Å². The van der Waals surface area contributed by atoms with Gasteiger partial charge in [0.05, 0.1) is 5.69 Å². The Morgan fingerprint density at radius 2 is 1.13 bits per heavy atom. The summed E-state index contributed by atoms with van der Waals surface area (Å²) in [6, 6.07) is 58.9. The van der Waals surface area contributed by atoms with Gasteiger partial charge in [-0.05, 0) is 70.4 Å². The second kappa shape index (κ2) is 10.3. The van der Waals surface area contributed by atoms with E-state index < -0.39 is 0 Å². The maximum Gasteiger partial charge on any atom is 0.143 e. The van der Waals surface area contributed by atoms with E-state index in [0.717, 1.165) is 44.4 Å². The van der Waals surface area contributed by atoms with E-state index in [2.05, 4.69) is 169 Å². The molecule has 0 fully saturated rings. The van der Waals surface area contributed by atoms with Gasteiger partial charge in [-0.3, -0.25) is 0 Å². The van der Waals surface area contributed by atoms with Gasteiger partial charge in [-0.25, -0.2) is 0 Å². The molecule has 0 atom stereocenters. The Morgan fingerprint density at radius 3 is 2.02 bits per heavy atom. The van der Waals surface area contributed by atoms with Gasteiger partial charge >= 0.3 is 0 Å². The van der Waals surface area contributed by atoms with Gasteiger partial charge in [-0.1, -0.05) is 109 Å². The second-order valence-corrected chi connectivity index (χ2v) is 13.2. The number of benzene rings is 8. The first kappa shape index (κ1) is 26.3. The monoisotopic (exact) mass is 617 g/mol. The van der Waals surface area contributed by atoms with Crippen LogP contribution in [0, 0.1) is 0 Å². The number of para-hydroxylation sites is 1. The molecule has 0 aliphatic carbocycles. The van der Waals surface area contributed by atoms with Gasteiger partial charge in [0.15, 0.2) is 0 Å². The van der Waals surface area contributed by atoms with Crippen molar-refractivity contribution in [2.24, 2.45) is 0 Å². The number of furan rings is 1. The Bertz CT molecular complexity index is 2800. The Morgan fingerprint density at radius 1 is 0.426 bits per heavy atom. The molecule has 2 aromatic heterocycles. The van der Waals surface area contributed by atoms with Crippen LogP contribution < -0.4 is 4.90 Å². The van der Waals surface area contributed by atoms with E-state index in [4.69, 9.17) is 4.42 Å². The number of fused-ring (bicyclic) bond motifs is 9. The molecule has 0 saturated heterocycles. The van der Waals surface area contributed by atoms with Crippen LogP contribution in [0.3, 0.4) is 0 Å². The summed E-state index contributed by atoms with van der Waals surface area (Å²) in [5.41, 5.74) is 7.54. The first-order valence-corrected chi connectivity index (χ1v) is 16.7. The quantitative estimate of drug-likeness (QED) is 0.195. The third-order valence-electron chi connectivity index (χ3n) is 9.43. The van der Waals surface area contributed by atoms with Crippen LogP contribution in [0.25, 0.3) is 74.8 Å². The van der Waals surface area contributed by atoms with Crippen LogP contribution in [0.5, 0.6) is 0 Å². The Hall–Kier alpha value is -5.90. The largest absolute Gasteiger partial charge is 0.455 e. The molecule has 0 saturated carbocycles. The molecule has 0 aliphatic rings. The molecular weight excluding hydrogens is 591 g/mol. The van der Waals surface area contributed by atoms with Crippen molar-refractivity contribution in [1.29, 1.82) is 0 Å². The molecule has 47 heavy (non-hydrogen) atoms. The molecule has 2 heterocycles. The van der Waals surface area contributed by atoms with E-state index in [1.807, 2.05) is 11.3 Å². The van der Waals surface area contributed by atoms with E-state index in [9.17, 15) is 0 Å². The first-order valence-electron chi connectivity index (χ1n) is 15.9. The van der Waals surface area contributed by atoms with Crippen molar-refractivity contribution in [3.05, 3.63) is 164 Å². The van der Waals surface area contributed by atoms with Gasteiger partial charge in [0.25, 0.3) is 0 Å². The first-order chi connectivity index (χ1) is 23.3. The average molecular weight is 618 g/mol. The summed E-state index contributed by atoms with van der Waals surface area (Å²) in [6.07, 6.45) is 0. The Labute approximate surface area is 275 Å². The molecule has 220 valence electrons. The fraction of sp³-hybridized carbons (Fsp3) is 0. The number of hydrogen-bond donors (Lipinski definition) is 0. The van der Waals surface area contributed by atoms with Crippen molar-refractivity contribution < 1.29 is 4.42 Å². The smallest absolute Gasteiger partial charge is 0.143 e. The predicted octanol–water partition coefficient (Wildman–Crippen LogP) is 13.4. The second-order valence-electron chi connectivity index (χ2n) is 12.1. The highest BCUT2D eigenvalue weighted by atomic mass is 32.1. The van der Waals surface area contributed by atoms with E-state index in [1.54, 1.807) is 0 Å². The molecule has 3 heteroatoms. The lowest BCUT2D eigenvalue weighted by Crippen LogP contribution is -2.10. The summed E-state index contributed by atoms with van der Waals surface area (Å²) in [6.45, 7) is 0. The van der Waals surface area contributed by atoms with Crippen molar-refractivity contribution in [1.82, 2.24) is 0 Å². The van der Waals surface area contributed by atoms with Crippen LogP contribution in [0.1, 0.15) is 0 Å². The average Bonchev–Trinajstić information content (AvgIpc) is 3.70. The van der Waals surface area contributed by atoms with Gasteiger partial charge in [-0.15, -0.1) is 11.3 Å². The van der Waals surface area contributed by atoms with Crippen LogP contribution in [0.4, 0.5) is 17.1 Å². The maximum absolute atomic E-state index is 6.79. The van der Waals surface area contributed by atoms with Gasteiger partial charge in [0.2, 0.25) is 0 Å². The van der Waals surface area contributed by atoms with Crippen molar-refractivity contribution in [3.63, 3.8) is 0 Å². The Kier molecular flexibility index (Phi) is 5.78. The summed E-state index contributed by atoms with van der Waals surface area (Å²) in [4.78, 5) is 2.33. The Balaban J connectivity index is 1.19. The van der Waals surface area contributed by atoms with Crippen LogP contribution in [-0.4, -0.2) is 0 Å². The molecule has 10 rings (SSSR count). The number of nitrogens with zero attached hydrogens (tertiary/aromatic N) is 1. The molecule has 0 radical (unpaired) electrons. The van der Waals surface area contributed by atoms with Crippen molar-refractivity contribution in [2.45, 2.75) is 0 Å². The zero-order valence-electron chi connectivity index (χ0n) is 25.4. The normalized spacial score (nSPS) is 11.8. The summed E-state index contributed by atoms with van der Waals surface area (Å²) < 4.78 is 9.43. The number of thiophene rings is 1.